The third-order valence-electron chi connectivity index (χ3n) is 5.60. The number of aromatic carboxylic acids is 1. The number of anilines is 1. The number of carbonyl (C=O) groups is 5. The molecule has 0 bridgehead atoms. The first-order chi connectivity index (χ1) is 18.5. The lowest BCUT2D eigenvalue weighted by Gasteiger charge is -2.49. The summed E-state index contributed by atoms with van der Waals surface area (Å²) in [6.45, 7) is 1.37. The van der Waals surface area contributed by atoms with Crippen LogP contribution >= 0.6 is 23.3 Å². The summed E-state index contributed by atoms with van der Waals surface area (Å²) >= 11 is 2.05. The maximum atomic E-state index is 13.1. The molecule has 1 saturated heterocycles. The van der Waals surface area contributed by atoms with E-state index >= 15 is 0 Å². The second kappa shape index (κ2) is 11.0. The van der Waals surface area contributed by atoms with E-state index in [0.717, 1.165) is 11.5 Å². The number of aliphatic carboxylic acids is 1. The average molecular weight is 578 g/mol. The summed E-state index contributed by atoms with van der Waals surface area (Å²) in [7, 11) is 0. The van der Waals surface area contributed by atoms with Crippen molar-refractivity contribution in [1.82, 2.24) is 19.6 Å². The number of carboxylic acids is 2. The Kier molecular flexibility index (Phi) is 7.77. The minimum absolute atomic E-state index is 0.00879. The van der Waals surface area contributed by atoms with Crippen LogP contribution in [0.1, 0.15) is 23.1 Å². The number of rotatable bonds is 10. The summed E-state index contributed by atoms with van der Waals surface area (Å²) in [6, 6.07) is 1.73. The Balaban J connectivity index is 1.53. The molecule has 4 rings (SSSR count). The van der Waals surface area contributed by atoms with Crippen LogP contribution in [-0.4, -0.2) is 83.1 Å². The fourth-order valence-electron chi connectivity index (χ4n) is 3.67. The first-order valence-corrected chi connectivity index (χ1v) is 12.9. The number of nitrogens with one attached hydrogen (secondary N) is 1. The van der Waals surface area contributed by atoms with Gasteiger partial charge in [-0.25, -0.2) is 14.2 Å². The second-order valence-electron chi connectivity index (χ2n) is 8.22. The maximum absolute atomic E-state index is 13.1. The minimum Gasteiger partial charge on any atom is -0.478 e. The Labute approximate surface area is 227 Å². The number of nitrogens with two attached hydrogens (primary N) is 2. The van der Waals surface area contributed by atoms with E-state index in [9.17, 15) is 24.0 Å². The van der Waals surface area contributed by atoms with Gasteiger partial charge in [0.15, 0.2) is 24.1 Å². The number of amides is 3. The highest BCUT2D eigenvalue weighted by Crippen LogP contribution is 2.40. The third kappa shape index (κ3) is 5.65. The van der Waals surface area contributed by atoms with Gasteiger partial charge in [-0.15, -0.1) is 11.8 Å². The van der Waals surface area contributed by atoms with Crippen LogP contribution in [0, 0.1) is 0 Å². The van der Waals surface area contributed by atoms with Crippen molar-refractivity contribution in [3.63, 3.8) is 0 Å². The van der Waals surface area contributed by atoms with E-state index in [1.165, 1.54) is 48.1 Å². The van der Waals surface area contributed by atoms with E-state index in [4.69, 9.17) is 26.5 Å². The fraction of sp³-hybridized carbons (Fsp3) is 0.286. The molecule has 3 amide bonds. The number of oxime groups is 1. The van der Waals surface area contributed by atoms with Crippen LogP contribution in [0.15, 0.2) is 41.0 Å². The van der Waals surface area contributed by atoms with Crippen LogP contribution in [0.25, 0.3) is 0 Å². The number of hydrogen-bond donors (Lipinski definition) is 5. The van der Waals surface area contributed by atoms with Crippen molar-refractivity contribution in [2.45, 2.75) is 31.0 Å². The lowest BCUT2D eigenvalue weighted by molar-refractivity contribution is -0.689. The van der Waals surface area contributed by atoms with E-state index in [1.807, 2.05) is 0 Å². The number of β-lactam (4-membered cyclic amide) rings is 1. The average Bonchev–Trinajstić information content (AvgIpc) is 3.32. The summed E-state index contributed by atoms with van der Waals surface area (Å²) in [5, 5.41) is 23.5. The molecule has 2 aliphatic heterocycles. The number of hydrogen-bond acceptors (Lipinski definition) is 12. The molecule has 0 radical (unpaired) electrons. The van der Waals surface area contributed by atoms with Gasteiger partial charge in [-0.3, -0.25) is 19.3 Å². The smallest absolute Gasteiger partial charge is 0.347 e. The molecule has 2 unspecified atom stereocenters. The Morgan fingerprint density at radius 1 is 1.31 bits per heavy atom. The second-order valence-corrected chi connectivity index (χ2v) is 10.1. The van der Waals surface area contributed by atoms with Gasteiger partial charge in [0.2, 0.25) is 17.6 Å². The van der Waals surface area contributed by atoms with E-state index < -0.39 is 52.9 Å². The van der Waals surface area contributed by atoms with Gasteiger partial charge in [-0.05, 0) is 6.92 Å². The number of nitrogen functional groups attached to an aromatic ring is 1. The van der Waals surface area contributed by atoms with E-state index in [-0.39, 0.29) is 34.5 Å². The highest BCUT2D eigenvalue weighted by atomic mass is 32.2. The van der Waals surface area contributed by atoms with Gasteiger partial charge < -0.3 is 31.8 Å². The first kappa shape index (κ1) is 27.5. The molecule has 2 aromatic heterocycles. The zero-order valence-electron chi connectivity index (χ0n) is 20.0. The topological polar surface area (TPSA) is 244 Å². The third-order valence-corrected chi connectivity index (χ3v) is 7.48. The molecule has 0 aromatic carbocycles. The highest BCUT2D eigenvalue weighted by Gasteiger charge is 2.54. The molecule has 18 heteroatoms. The van der Waals surface area contributed by atoms with Crippen LogP contribution in [0.2, 0.25) is 0 Å². The Morgan fingerprint density at radius 2 is 2.00 bits per heavy atom. The Bertz CT molecular complexity index is 1420. The largest absolute Gasteiger partial charge is 0.478 e. The van der Waals surface area contributed by atoms with Crippen LogP contribution in [0.4, 0.5) is 5.13 Å². The quantitative estimate of drug-likeness (QED) is 0.0903. The van der Waals surface area contributed by atoms with Gasteiger partial charge in [0.05, 0.1) is 5.56 Å². The molecule has 1 fully saturated rings. The molecule has 0 saturated carbocycles. The molecule has 2 aromatic rings. The van der Waals surface area contributed by atoms with Crippen molar-refractivity contribution in [2.24, 2.45) is 10.9 Å². The van der Waals surface area contributed by atoms with Crippen LogP contribution < -0.4 is 21.4 Å². The van der Waals surface area contributed by atoms with Gasteiger partial charge in [0, 0.05) is 35.0 Å². The minimum atomic E-state index is -1.39. The highest BCUT2D eigenvalue weighted by molar-refractivity contribution is 8.00. The number of fused-ring (bicyclic) bond motifs is 1. The van der Waals surface area contributed by atoms with E-state index in [2.05, 4.69) is 19.8 Å². The predicted molar refractivity (Wildman–Crippen MR) is 134 cm³/mol. The number of carboxylic acid groups (broad SMARTS) is 2. The lowest BCUT2D eigenvalue weighted by Crippen LogP contribution is -2.71. The number of pyridine rings is 1. The van der Waals surface area contributed by atoms with Gasteiger partial charge in [-0.1, -0.05) is 5.16 Å². The molecule has 0 aliphatic carbocycles. The fourth-order valence-corrected chi connectivity index (χ4v) is 5.44. The number of carbonyl (C=O) groups excluding carboxylic acids is 3. The molecule has 7 N–H and O–H groups in total. The molecule has 204 valence electrons. The summed E-state index contributed by atoms with van der Waals surface area (Å²) in [5.74, 6) is -4.71. The Morgan fingerprint density at radius 3 is 2.56 bits per heavy atom. The van der Waals surface area contributed by atoms with Crippen molar-refractivity contribution in [3.05, 3.63) is 47.2 Å². The molecular formula is C21H21N8O8S2+. The molecule has 0 spiro atoms. The van der Waals surface area contributed by atoms with Crippen molar-refractivity contribution in [3.8, 4) is 0 Å². The van der Waals surface area contributed by atoms with Gasteiger partial charge in [-0.2, -0.15) is 9.36 Å². The molecule has 3 atom stereocenters. The SMILES string of the molecule is CC(ON=C(C(=O)NC1C(=O)N2C(C(N)=O)=C(C[n+]3ccc(C(=O)O)cc3)CS[C@@H]12)c1nsc(N)n1)C(=O)O. The van der Waals surface area contributed by atoms with E-state index in [0.29, 0.717) is 5.57 Å². The summed E-state index contributed by atoms with van der Waals surface area (Å²) < 4.78 is 5.54. The summed E-state index contributed by atoms with van der Waals surface area (Å²) in [4.78, 5) is 70.5. The normalized spacial score (nSPS) is 19.6. The maximum Gasteiger partial charge on any atom is 0.347 e. The summed E-state index contributed by atoms with van der Waals surface area (Å²) in [6.07, 6.45) is 1.67. The van der Waals surface area contributed by atoms with Crippen molar-refractivity contribution >= 4 is 63.8 Å². The summed E-state index contributed by atoms with van der Waals surface area (Å²) in [5.41, 5.74) is 11.3. The van der Waals surface area contributed by atoms with Crippen molar-refractivity contribution in [2.75, 3.05) is 11.5 Å². The standard InChI is InChI=1S/C21H20N8O8S2/c1-8(19(33)34)37-26-11(15-25-21(23)39-27-15)16(31)24-12-17(32)29-13(14(22)30)10(7-38-18(12)29)6-28-4-2-9(3-5-28)20(35)36/h2-5,8,12,18H,6-7H2,1H3,(H6-,22,23,24,25,27,30,31,33,34,35,36)/p+1/t8?,12?,18-/m0/s1. The molecule has 16 nitrogen and oxygen atoms in total. The lowest BCUT2D eigenvalue weighted by atomic mass is 10.0. The van der Waals surface area contributed by atoms with E-state index in [1.54, 1.807) is 4.57 Å². The van der Waals surface area contributed by atoms with Gasteiger partial charge in [0.1, 0.15) is 17.1 Å². The number of primary amides is 1. The van der Waals surface area contributed by atoms with Crippen molar-refractivity contribution < 1.29 is 43.6 Å². The predicted octanol–water partition coefficient (Wildman–Crippen LogP) is -1.86. The number of nitrogens with zero attached hydrogens (tertiary/aromatic N) is 5. The molecule has 39 heavy (non-hydrogen) atoms. The van der Waals surface area contributed by atoms with Gasteiger partial charge in [0.25, 0.3) is 17.7 Å². The van der Waals surface area contributed by atoms with Gasteiger partial charge >= 0.3 is 11.9 Å². The monoisotopic (exact) mass is 577 g/mol. The Hall–Kier alpha value is -4.58. The van der Waals surface area contributed by atoms with Crippen molar-refractivity contribution in [1.29, 1.82) is 0 Å². The van der Waals surface area contributed by atoms with Crippen LogP contribution in [0.3, 0.4) is 0 Å². The van der Waals surface area contributed by atoms with Crippen LogP contribution in [0.5, 0.6) is 0 Å². The molecular weight excluding hydrogens is 556 g/mol. The molecule has 4 heterocycles. The first-order valence-electron chi connectivity index (χ1n) is 11.0. The number of aromatic nitrogens is 3. The zero-order chi connectivity index (χ0) is 28.4. The zero-order valence-corrected chi connectivity index (χ0v) is 21.6. The van der Waals surface area contributed by atoms with Crippen LogP contribution in [-0.2, 0) is 30.6 Å². The molecule has 2 aliphatic rings. The number of thioether (sulfide) groups is 1.